The van der Waals surface area contributed by atoms with Gasteiger partial charge in [0.05, 0.1) is 16.4 Å². The summed E-state index contributed by atoms with van der Waals surface area (Å²) in [7, 11) is 1.54. The van der Waals surface area contributed by atoms with Gasteiger partial charge < -0.3 is 10.5 Å². The fraction of sp³-hybridized carbons (Fsp3) is 0.333. The van der Waals surface area contributed by atoms with E-state index < -0.39 is 0 Å². The summed E-state index contributed by atoms with van der Waals surface area (Å²) >= 11 is 2.16. The first-order chi connectivity index (χ1) is 9.02. The van der Waals surface area contributed by atoms with Crippen LogP contribution < -0.4 is 10.5 Å². The summed E-state index contributed by atoms with van der Waals surface area (Å²) in [6.45, 7) is 4.13. The van der Waals surface area contributed by atoms with Gasteiger partial charge in [-0.2, -0.15) is 0 Å². The zero-order chi connectivity index (χ0) is 14.0. The van der Waals surface area contributed by atoms with Crippen molar-refractivity contribution in [3.05, 3.63) is 21.4 Å². The highest BCUT2D eigenvalue weighted by Crippen LogP contribution is 2.26. The molecule has 0 radical (unpaired) electrons. The van der Waals surface area contributed by atoms with Crippen LogP contribution in [-0.2, 0) is 0 Å². The lowest BCUT2D eigenvalue weighted by molar-refractivity contribution is 0.392. The lowest BCUT2D eigenvalue weighted by atomic mass is 10.1. The van der Waals surface area contributed by atoms with Crippen LogP contribution in [0.4, 0.5) is 5.82 Å². The lowest BCUT2D eigenvalue weighted by Crippen LogP contribution is -2.07. The average Bonchev–Trinajstić information content (AvgIpc) is 2.41. The molecule has 19 heavy (non-hydrogen) atoms. The maximum atomic E-state index is 5.92. The molecule has 0 atom stereocenters. The molecule has 0 aliphatic carbocycles. The molecular weight excluding hydrogens is 357 g/mol. The number of nitrogen functional groups attached to an aromatic ring is 1. The molecule has 0 aliphatic heterocycles. The fourth-order valence-electron chi connectivity index (χ4n) is 1.53. The van der Waals surface area contributed by atoms with Crippen LogP contribution in [0.1, 0.15) is 25.5 Å². The highest BCUT2D eigenvalue weighted by molar-refractivity contribution is 14.1. The molecule has 2 rings (SSSR count). The molecular formula is C12H14IN5O. The molecule has 0 bridgehead atoms. The van der Waals surface area contributed by atoms with Crippen molar-refractivity contribution < 1.29 is 4.74 Å². The monoisotopic (exact) mass is 371 g/mol. The van der Waals surface area contributed by atoms with E-state index >= 15 is 0 Å². The first-order valence-electron chi connectivity index (χ1n) is 5.74. The van der Waals surface area contributed by atoms with Crippen LogP contribution in [0.15, 0.2) is 12.1 Å². The topological polar surface area (TPSA) is 86.8 Å². The standard InChI is InChI=1S/C12H14IN5O/c1-6(2)10-9(13)11(14)16-12(15-10)7-4-5-8(19-3)18-17-7/h4-6H,1-3H3,(H2,14,15,16). The van der Waals surface area contributed by atoms with Crippen molar-refractivity contribution >= 4 is 28.4 Å². The summed E-state index contributed by atoms with van der Waals surface area (Å²) in [6, 6.07) is 3.48. The molecule has 0 aromatic carbocycles. The van der Waals surface area contributed by atoms with Gasteiger partial charge in [-0.3, -0.25) is 0 Å². The Labute approximate surface area is 125 Å². The smallest absolute Gasteiger partial charge is 0.233 e. The Hall–Kier alpha value is -1.51. The van der Waals surface area contributed by atoms with E-state index in [1.54, 1.807) is 19.2 Å². The van der Waals surface area contributed by atoms with E-state index in [0.717, 1.165) is 9.26 Å². The van der Waals surface area contributed by atoms with Gasteiger partial charge in [0.25, 0.3) is 0 Å². The number of aromatic nitrogens is 4. The molecule has 0 saturated heterocycles. The van der Waals surface area contributed by atoms with Crippen LogP contribution in [-0.4, -0.2) is 27.3 Å². The second-order valence-corrected chi connectivity index (χ2v) is 5.33. The van der Waals surface area contributed by atoms with E-state index in [0.29, 0.717) is 23.2 Å². The number of hydrogen-bond acceptors (Lipinski definition) is 6. The van der Waals surface area contributed by atoms with E-state index in [1.165, 1.54) is 0 Å². The van der Waals surface area contributed by atoms with Gasteiger partial charge in [-0.05, 0) is 34.6 Å². The Morgan fingerprint density at radius 1 is 1.21 bits per heavy atom. The molecule has 0 spiro atoms. The number of methoxy groups -OCH3 is 1. The molecule has 2 heterocycles. The molecule has 2 aromatic rings. The average molecular weight is 371 g/mol. The van der Waals surface area contributed by atoms with Crippen LogP contribution in [0.25, 0.3) is 11.5 Å². The molecule has 2 N–H and O–H groups in total. The van der Waals surface area contributed by atoms with Gasteiger partial charge in [0, 0.05) is 6.07 Å². The summed E-state index contributed by atoms with van der Waals surface area (Å²) in [5, 5.41) is 7.94. The Morgan fingerprint density at radius 2 is 1.95 bits per heavy atom. The Morgan fingerprint density at radius 3 is 2.47 bits per heavy atom. The third-order valence-electron chi connectivity index (χ3n) is 2.53. The van der Waals surface area contributed by atoms with Gasteiger partial charge in [-0.1, -0.05) is 13.8 Å². The van der Waals surface area contributed by atoms with Gasteiger partial charge >= 0.3 is 0 Å². The predicted molar refractivity (Wildman–Crippen MR) is 80.8 cm³/mol. The Bertz CT molecular complexity index is 585. The number of nitrogens with two attached hydrogens (primary N) is 1. The predicted octanol–water partition coefficient (Wildman–Crippen LogP) is 2.25. The minimum atomic E-state index is 0.266. The van der Waals surface area contributed by atoms with Gasteiger partial charge in [-0.25, -0.2) is 9.97 Å². The first kappa shape index (κ1) is 13.9. The molecule has 100 valence electrons. The SMILES string of the molecule is COc1ccc(-c2nc(N)c(I)c(C(C)C)n2)nn1. The molecule has 2 aromatic heterocycles. The highest BCUT2D eigenvalue weighted by atomic mass is 127. The minimum absolute atomic E-state index is 0.266. The fourth-order valence-corrected chi connectivity index (χ4v) is 2.39. The van der Waals surface area contributed by atoms with Gasteiger partial charge in [0.1, 0.15) is 11.5 Å². The summed E-state index contributed by atoms with van der Waals surface area (Å²) in [5.74, 6) is 1.66. The van der Waals surface area contributed by atoms with Crippen LogP contribution in [0.5, 0.6) is 5.88 Å². The number of anilines is 1. The zero-order valence-electron chi connectivity index (χ0n) is 10.9. The van der Waals surface area contributed by atoms with Crippen molar-refractivity contribution in [2.45, 2.75) is 19.8 Å². The van der Waals surface area contributed by atoms with Crippen molar-refractivity contribution in [2.75, 3.05) is 12.8 Å². The van der Waals surface area contributed by atoms with Gasteiger partial charge in [0.15, 0.2) is 5.82 Å². The van der Waals surface area contributed by atoms with Crippen LogP contribution in [0.2, 0.25) is 0 Å². The Balaban J connectivity index is 2.49. The number of nitrogens with zero attached hydrogens (tertiary/aromatic N) is 4. The number of halogens is 1. The van der Waals surface area contributed by atoms with E-state index in [2.05, 4.69) is 56.6 Å². The highest BCUT2D eigenvalue weighted by Gasteiger charge is 2.15. The largest absolute Gasteiger partial charge is 0.480 e. The first-order valence-corrected chi connectivity index (χ1v) is 6.81. The number of rotatable bonds is 3. The third-order valence-corrected chi connectivity index (χ3v) is 3.63. The molecule has 0 fully saturated rings. The van der Waals surface area contributed by atoms with Crippen LogP contribution in [0, 0.1) is 3.57 Å². The Kier molecular flexibility index (Phi) is 4.13. The summed E-state index contributed by atoms with van der Waals surface area (Å²) in [6.07, 6.45) is 0. The van der Waals surface area contributed by atoms with Gasteiger partial charge in [-0.15, -0.1) is 10.2 Å². The van der Waals surface area contributed by atoms with Crippen molar-refractivity contribution in [1.29, 1.82) is 0 Å². The lowest BCUT2D eigenvalue weighted by Gasteiger charge is -2.11. The van der Waals surface area contributed by atoms with Crippen molar-refractivity contribution in [3.8, 4) is 17.4 Å². The minimum Gasteiger partial charge on any atom is -0.480 e. The maximum absolute atomic E-state index is 5.92. The van der Waals surface area contributed by atoms with E-state index in [4.69, 9.17) is 10.5 Å². The molecule has 6 nitrogen and oxygen atoms in total. The second-order valence-electron chi connectivity index (χ2n) is 4.25. The van der Waals surface area contributed by atoms with Crippen molar-refractivity contribution in [3.63, 3.8) is 0 Å². The van der Waals surface area contributed by atoms with Crippen LogP contribution >= 0.6 is 22.6 Å². The summed E-state index contributed by atoms with van der Waals surface area (Å²) in [5.41, 5.74) is 7.41. The van der Waals surface area contributed by atoms with E-state index in [-0.39, 0.29) is 5.92 Å². The summed E-state index contributed by atoms with van der Waals surface area (Å²) < 4.78 is 5.86. The maximum Gasteiger partial charge on any atom is 0.233 e. The number of hydrogen-bond donors (Lipinski definition) is 1. The van der Waals surface area contributed by atoms with Crippen molar-refractivity contribution in [2.24, 2.45) is 0 Å². The molecule has 7 heteroatoms. The molecule has 0 amide bonds. The van der Waals surface area contributed by atoms with Crippen molar-refractivity contribution in [1.82, 2.24) is 20.2 Å². The quantitative estimate of drug-likeness (QED) is 0.833. The molecule has 0 saturated carbocycles. The summed E-state index contributed by atoms with van der Waals surface area (Å²) in [4.78, 5) is 8.77. The zero-order valence-corrected chi connectivity index (χ0v) is 13.0. The third kappa shape index (κ3) is 2.91. The van der Waals surface area contributed by atoms with E-state index in [1.807, 2.05) is 0 Å². The molecule has 0 unspecified atom stereocenters. The molecule has 0 aliphatic rings. The van der Waals surface area contributed by atoms with Crippen LogP contribution in [0.3, 0.4) is 0 Å². The normalized spacial score (nSPS) is 10.8. The van der Waals surface area contributed by atoms with Gasteiger partial charge in [0.2, 0.25) is 5.88 Å². The second kappa shape index (κ2) is 5.64. The van der Waals surface area contributed by atoms with E-state index in [9.17, 15) is 0 Å². The number of ether oxygens (including phenoxy) is 1.